The molecule has 1 aromatic carbocycles. The lowest BCUT2D eigenvalue weighted by Gasteiger charge is -2.24. The first-order valence-corrected chi connectivity index (χ1v) is 8.84. The number of benzene rings is 1. The second-order valence-electron chi connectivity index (χ2n) is 5.67. The molecular weight excluding hydrogens is 291 g/mol. The molecule has 6 heteroatoms. The predicted molar refractivity (Wildman–Crippen MR) is 81.6 cm³/mol. The van der Waals surface area contributed by atoms with Gasteiger partial charge in [0.1, 0.15) is 5.82 Å². The van der Waals surface area contributed by atoms with Crippen LogP contribution in [0.4, 0.5) is 4.39 Å². The van der Waals surface area contributed by atoms with Crippen molar-refractivity contribution in [2.75, 3.05) is 13.6 Å². The molecule has 118 valence electrons. The summed E-state index contributed by atoms with van der Waals surface area (Å²) in [6.45, 7) is 2.26. The third-order valence-corrected chi connectivity index (χ3v) is 5.91. The molecular formula is C15H23FN2O2S. The predicted octanol–water partition coefficient (Wildman–Crippen LogP) is 2.32. The fourth-order valence-electron chi connectivity index (χ4n) is 2.81. The highest BCUT2D eigenvalue weighted by Gasteiger charge is 2.31. The highest BCUT2D eigenvalue weighted by atomic mass is 32.2. The Morgan fingerprint density at radius 3 is 2.57 bits per heavy atom. The van der Waals surface area contributed by atoms with Crippen molar-refractivity contribution in [3.63, 3.8) is 0 Å². The Balaban J connectivity index is 2.02. The van der Waals surface area contributed by atoms with Crippen LogP contribution in [0.1, 0.15) is 31.7 Å². The number of halogens is 1. The van der Waals surface area contributed by atoms with Gasteiger partial charge in [-0.1, -0.05) is 25.5 Å². The van der Waals surface area contributed by atoms with E-state index in [-0.39, 0.29) is 17.8 Å². The SMILES string of the molecule is CCN(C)S(=O)(=O)N[C@H]1CCC[C@H]1Cc1ccc(F)cc1. The minimum atomic E-state index is -3.40. The van der Waals surface area contributed by atoms with E-state index in [4.69, 9.17) is 0 Å². The van der Waals surface area contributed by atoms with Gasteiger partial charge in [0.2, 0.25) is 0 Å². The number of rotatable bonds is 6. The van der Waals surface area contributed by atoms with E-state index in [1.807, 2.05) is 6.92 Å². The molecule has 1 aliphatic carbocycles. The summed E-state index contributed by atoms with van der Waals surface area (Å²) in [6.07, 6.45) is 3.67. The van der Waals surface area contributed by atoms with Crippen molar-refractivity contribution in [2.24, 2.45) is 5.92 Å². The molecule has 0 radical (unpaired) electrons. The Bertz CT molecular complexity index is 560. The van der Waals surface area contributed by atoms with Crippen LogP contribution in [0.15, 0.2) is 24.3 Å². The summed E-state index contributed by atoms with van der Waals surface area (Å²) in [5.74, 6) is 0.0301. The zero-order valence-electron chi connectivity index (χ0n) is 12.5. The second-order valence-corrected chi connectivity index (χ2v) is 7.47. The van der Waals surface area contributed by atoms with Gasteiger partial charge in [-0.25, -0.2) is 4.39 Å². The van der Waals surface area contributed by atoms with Gasteiger partial charge in [-0.05, 0) is 42.9 Å². The smallest absolute Gasteiger partial charge is 0.207 e. The number of hydrogen-bond acceptors (Lipinski definition) is 2. The quantitative estimate of drug-likeness (QED) is 0.876. The van der Waals surface area contributed by atoms with E-state index in [1.165, 1.54) is 16.4 Å². The molecule has 1 aliphatic rings. The Hall–Kier alpha value is -0.980. The monoisotopic (exact) mass is 314 g/mol. The molecule has 2 atom stereocenters. The van der Waals surface area contributed by atoms with E-state index in [0.29, 0.717) is 6.54 Å². The molecule has 0 unspecified atom stereocenters. The highest BCUT2D eigenvalue weighted by Crippen LogP contribution is 2.29. The molecule has 1 saturated carbocycles. The minimum Gasteiger partial charge on any atom is -0.207 e. The summed E-state index contributed by atoms with van der Waals surface area (Å²) in [5, 5.41) is 0. The van der Waals surface area contributed by atoms with E-state index in [9.17, 15) is 12.8 Å². The fourth-order valence-corrected chi connectivity index (χ4v) is 4.02. The Morgan fingerprint density at radius 1 is 1.29 bits per heavy atom. The van der Waals surface area contributed by atoms with Crippen molar-refractivity contribution in [3.8, 4) is 0 Å². The summed E-state index contributed by atoms with van der Waals surface area (Å²) in [4.78, 5) is 0. The maximum absolute atomic E-state index is 12.9. The van der Waals surface area contributed by atoms with E-state index in [2.05, 4.69) is 4.72 Å². The summed E-state index contributed by atoms with van der Waals surface area (Å²) in [5.41, 5.74) is 1.05. The van der Waals surface area contributed by atoms with Gasteiger partial charge < -0.3 is 0 Å². The van der Waals surface area contributed by atoms with Crippen LogP contribution in [0.25, 0.3) is 0 Å². The van der Waals surface area contributed by atoms with Crippen LogP contribution < -0.4 is 4.72 Å². The molecule has 0 heterocycles. The van der Waals surface area contributed by atoms with Gasteiger partial charge in [-0.3, -0.25) is 0 Å². The molecule has 0 aliphatic heterocycles. The average molecular weight is 314 g/mol. The van der Waals surface area contributed by atoms with Gasteiger partial charge in [0, 0.05) is 19.6 Å². The van der Waals surface area contributed by atoms with Crippen molar-refractivity contribution < 1.29 is 12.8 Å². The van der Waals surface area contributed by atoms with E-state index in [1.54, 1.807) is 19.2 Å². The van der Waals surface area contributed by atoms with Crippen molar-refractivity contribution in [1.82, 2.24) is 9.03 Å². The Morgan fingerprint density at radius 2 is 1.95 bits per heavy atom. The van der Waals surface area contributed by atoms with Crippen LogP contribution in [0.2, 0.25) is 0 Å². The zero-order chi connectivity index (χ0) is 15.5. The standard InChI is InChI=1S/C15H23FN2O2S/c1-3-18(2)21(19,20)17-15-6-4-5-13(15)11-12-7-9-14(16)10-8-12/h7-10,13,15,17H,3-6,11H2,1-2H3/t13-,15-/m0/s1. The number of nitrogens with one attached hydrogen (secondary N) is 1. The molecule has 1 N–H and O–H groups in total. The Kier molecular flexibility index (Phi) is 5.35. The van der Waals surface area contributed by atoms with Crippen molar-refractivity contribution in [3.05, 3.63) is 35.6 Å². The van der Waals surface area contributed by atoms with Crippen LogP contribution in [-0.2, 0) is 16.6 Å². The van der Waals surface area contributed by atoms with Gasteiger partial charge in [0.05, 0.1) is 0 Å². The molecule has 4 nitrogen and oxygen atoms in total. The van der Waals surface area contributed by atoms with Gasteiger partial charge in [0.25, 0.3) is 10.2 Å². The summed E-state index contributed by atoms with van der Waals surface area (Å²) >= 11 is 0. The lowest BCUT2D eigenvalue weighted by molar-refractivity contribution is 0.414. The van der Waals surface area contributed by atoms with Gasteiger partial charge in [0.15, 0.2) is 0 Å². The summed E-state index contributed by atoms with van der Waals surface area (Å²) in [6, 6.07) is 6.42. The molecule has 0 amide bonds. The third kappa shape index (κ3) is 4.25. The first-order chi connectivity index (χ1) is 9.92. The van der Waals surface area contributed by atoms with Crippen LogP contribution in [0, 0.1) is 11.7 Å². The first kappa shape index (κ1) is 16.4. The fraction of sp³-hybridized carbons (Fsp3) is 0.600. The van der Waals surface area contributed by atoms with Crippen LogP contribution in [-0.4, -0.2) is 32.4 Å². The number of nitrogens with zero attached hydrogens (tertiary/aromatic N) is 1. The lowest BCUT2D eigenvalue weighted by Crippen LogP contribution is -2.45. The number of hydrogen-bond donors (Lipinski definition) is 1. The Labute approximate surface area is 126 Å². The average Bonchev–Trinajstić information content (AvgIpc) is 2.87. The van der Waals surface area contributed by atoms with Crippen molar-refractivity contribution in [1.29, 1.82) is 0 Å². The molecule has 0 bridgehead atoms. The van der Waals surface area contributed by atoms with Crippen molar-refractivity contribution in [2.45, 2.75) is 38.6 Å². The van der Waals surface area contributed by atoms with Gasteiger partial charge in [-0.2, -0.15) is 17.4 Å². The molecule has 21 heavy (non-hydrogen) atoms. The first-order valence-electron chi connectivity index (χ1n) is 7.40. The largest absolute Gasteiger partial charge is 0.279 e. The topological polar surface area (TPSA) is 49.4 Å². The summed E-state index contributed by atoms with van der Waals surface area (Å²) in [7, 11) is -1.83. The molecule has 0 spiro atoms. The van der Waals surface area contributed by atoms with E-state index < -0.39 is 10.2 Å². The molecule has 0 aromatic heterocycles. The molecule has 2 rings (SSSR count). The van der Waals surface area contributed by atoms with E-state index in [0.717, 1.165) is 31.2 Å². The van der Waals surface area contributed by atoms with Crippen LogP contribution in [0.3, 0.4) is 0 Å². The van der Waals surface area contributed by atoms with Crippen molar-refractivity contribution >= 4 is 10.2 Å². The molecule has 0 saturated heterocycles. The van der Waals surface area contributed by atoms with Crippen LogP contribution in [0.5, 0.6) is 0 Å². The zero-order valence-corrected chi connectivity index (χ0v) is 13.4. The lowest BCUT2D eigenvalue weighted by atomic mass is 9.95. The van der Waals surface area contributed by atoms with Crippen LogP contribution >= 0.6 is 0 Å². The second kappa shape index (κ2) is 6.85. The maximum Gasteiger partial charge on any atom is 0.279 e. The highest BCUT2D eigenvalue weighted by molar-refractivity contribution is 7.87. The third-order valence-electron chi connectivity index (χ3n) is 4.23. The summed E-state index contributed by atoms with van der Waals surface area (Å²) < 4.78 is 41.3. The normalized spacial score (nSPS) is 22.9. The van der Waals surface area contributed by atoms with Gasteiger partial charge in [-0.15, -0.1) is 0 Å². The molecule has 1 aromatic rings. The minimum absolute atomic E-state index is 0.0333. The molecule has 1 fully saturated rings. The maximum atomic E-state index is 12.9. The van der Waals surface area contributed by atoms with Gasteiger partial charge >= 0.3 is 0 Å². The van der Waals surface area contributed by atoms with E-state index >= 15 is 0 Å².